The van der Waals surface area contributed by atoms with Crippen LogP contribution in [0, 0.1) is 5.92 Å². The molecule has 0 radical (unpaired) electrons. The maximum atomic E-state index is 14.0. The van der Waals surface area contributed by atoms with E-state index in [-0.39, 0.29) is 18.1 Å². The smallest absolute Gasteiger partial charge is 0.250 e. The van der Waals surface area contributed by atoms with Crippen molar-refractivity contribution in [2.24, 2.45) is 5.92 Å². The number of imidazole rings is 1. The van der Waals surface area contributed by atoms with Gasteiger partial charge in [-0.1, -0.05) is 55.5 Å². The zero-order chi connectivity index (χ0) is 35.3. The molecular weight excluding hydrogens is 622 g/mol. The molecule has 12 heteroatoms. The second-order valence-corrected chi connectivity index (χ2v) is 14.3. The fourth-order valence-corrected chi connectivity index (χ4v) is 5.96. The minimum atomic E-state index is -1.45. The first kappa shape index (κ1) is 35.3. The first-order valence-electron chi connectivity index (χ1n) is 16.7. The van der Waals surface area contributed by atoms with E-state index in [9.17, 15) is 19.2 Å². The van der Waals surface area contributed by atoms with Crippen LogP contribution in [0.5, 0.6) is 0 Å². The maximum absolute atomic E-state index is 14.0. The molecule has 1 unspecified atom stereocenters. The second-order valence-electron chi connectivity index (χ2n) is 14.3. The Hall–Kier alpha value is -4.97. The van der Waals surface area contributed by atoms with E-state index in [1.165, 1.54) is 0 Å². The Kier molecular flexibility index (Phi) is 10.6. The number of rotatable bonds is 12. The number of piperidine rings is 1. The number of hydroxylamine groups is 2. The lowest BCUT2D eigenvalue weighted by molar-refractivity contribution is -0.247. The van der Waals surface area contributed by atoms with Crippen LogP contribution in [0.3, 0.4) is 0 Å². The highest BCUT2D eigenvalue weighted by Gasteiger charge is 2.40. The Morgan fingerprint density at radius 3 is 2.39 bits per heavy atom. The van der Waals surface area contributed by atoms with Gasteiger partial charge in [0.2, 0.25) is 24.1 Å². The average molecular weight is 670 g/mol. The number of aromatic amines is 1. The Morgan fingerprint density at radius 1 is 1.04 bits per heavy atom. The van der Waals surface area contributed by atoms with Crippen molar-refractivity contribution in [1.29, 1.82) is 0 Å². The zero-order valence-electron chi connectivity index (χ0n) is 29.1. The van der Waals surface area contributed by atoms with Crippen LogP contribution in [0.15, 0.2) is 73.3 Å². The van der Waals surface area contributed by atoms with Gasteiger partial charge in [0.05, 0.1) is 11.9 Å². The van der Waals surface area contributed by atoms with Gasteiger partial charge in [0.15, 0.2) is 5.82 Å². The molecule has 49 heavy (non-hydrogen) atoms. The molecule has 4 aromatic rings. The van der Waals surface area contributed by atoms with Gasteiger partial charge >= 0.3 is 0 Å². The third-order valence-corrected chi connectivity index (χ3v) is 8.89. The third-order valence-electron chi connectivity index (χ3n) is 8.89. The maximum Gasteiger partial charge on any atom is 0.250 e. The predicted molar refractivity (Wildman–Crippen MR) is 187 cm³/mol. The number of nitrogens with one attached hydrogen (secondary N) is 3. The number of likely N-dealkylation sites (tertiary alicyclic amines) is 1. The van der Waals surface area contributed by atoms with Crippen molar-refractivity contribution in [2.45, 2.75) is 84.0 Å². The molecule has 2 aromatic heterocycles. The molecule has 2 aromatic carbocycles. The fourth-order valence-electron chi connectivity index (χ4n) is 5.96. The Labute approximate surface area is 287 Å². The van der Waals surface area contributed by atoms with Crippen LogP contribution in [0.1, 0.15) is 71.6 Å². The lowest BCUT2D eigenvalue weighted by Crippen LogP contribution is -2.59. The van der Waals surface area contributed by atoms with Crippen LogP contribution in [-0.2, 0) is 30.4 Å². The summed E-state index contributed by atoms with van der Waals surface area (Å²) in [6.45, 7) is 12.0. The van der Waals surface area contributed by atoms with Gasteiger partial charge in [-0.25, -0.2) is 10.0 Å². The number of fused-ring (bicyclic) bond motifs is 1. The summed E-state index contributed by atoms with van der Waals surface area (Å²) in [5, 5.41) is 7.60. The van der Waals surface area contributed by atoms with Crippen LogP contribution < -0.4 is 10.6 Å². The Bertz CT molecular complexity index is 1770. The minimum Gasteiger partial charge on any atom is -0.361 e. The van der Waals surface area contributed by atoms with E-state index in [0.29, 0.717) is 25.4 Å². The van der Waals surface area contributed by atoms with E-state index in [4.69, 9.17) is 4.84 Å². The van der Waals surface area contributed by atoms with E-state index in [2.05, 4.69) is 27.5 Å². The molecule has 1 saturated heterocycles. The van der Waals surface area contributed by atoms with Crippen molar-refractivity contribution >= 4 is 40.9 Å². The normalized spacial score (nSPS) is 15.4. The molecule has 5 rings (SSSR count). The molecule has 12 nitrogen and oxygen atoms in total. The van der Waals surface area contributed by atoms with Crippen LogP contribution in [-0.4, -0.2) is 78.9 Å². The van der Waals surface area contributed by atoms with Gasteiger partial charge in [0, 0.05) is 42.8 Å². The summed E-state index contributed by atoms with van der Waals surface area (Å²) in [5.41, 5.74) is 0.329. The minimum absolute atomic E-state index is 0.0303. The number of benzene rings is 2. The van der Waals surface area contributed by atoms with Crippen molar-refractivity contribution in [3.8, 4) is 0 Å². The standard InChI is InChI=1S/C37H47N7O5/c1-25-16-18-42(19-17-25)34(47)32(26-12-8-7-9-13-26)43-22-31(39-23-43)41-33(46)30(20-27-21-38-29-15-11-10-14-28(27)29)40-35(48)37(5,6)44(24-45)49-36(2,3)4/h7-15,21-25,30,32,38H,16-20H2,1-6H3,(H,40,48)(H,41,46)/t30-,32?/m1/s1. The number of para-hydroxylation sites is 1. The SMILES string of the molecule is CC1CCN(C(=O)C(c2ccccc2)n2cnc(NC(=O)[C@@H](Cc3c[nH]c4ccccc34)NC(=O)C(C)(C)N(C=O)OC(C)(C)C)c2)CC1. The number of hydrogen-bond donors (Lipinski definition) is 3. The highest BCUT2D eigenvalue weighted by molar-refractivity contribution is 5.99. The first-order valence-corrected chi connectivity index (χ1v) is 16.7. The highest BCUT2D eigenvalue weighted by atomic mass is 16.7. The van der Waals surface area contributed by atoms with Gasteiger partial charge in [-0.05, 0) is 70.6 Å². The lowest BCUT2D eigenvalue weighted by Gasteiger charge is -2.37. The predicted octanol–water partition coefficient (Wildman–Crippen LogP) is 4.85. The zero-order valence-corrected chi connectivity index (χ0v) is 29.1. The third kappa shape index (κ3) is 8.37. The number of anilines is 1. The molecule has 2 atom stereocenters. The van der Waals surface area contributed by atoms with Crippen LogP contribution in [0.2, 0.25) is 0 Å². The molecule has 0 saturated carbocycles. The summed E-state index contributed by atoms with van der Waals surface area (Å²) in [6, 6.07) is 15.5. The first-order chi connectivity index (χ1) is 23.3. The van der Waals surface area contributed by atoms with Crippen molar-refractivity contribution in [1.82, 2.24) is 29.8 Å². The summed E-state index contributed by atoms with van der Waals surface area (Å²) in [6.07, 6.45) is 7.51. The van der Waals surface area contributed by atoms with Crippen molar-refractivity contribution < 1.29 is 24.0 Å². The number of hydrogen-bond acceptors (Lipinski definition) is 6. The second kappa shape index (κ2) is 14.7. The quantitative estimate of drug-likeness (QED) is 0.146. The van der Waals surface area contributed by atoms with Crippen molar-refractivity contribution in [2.75, 3.05) is 18.4 Å². The topological polar surface area (TPSA) is 142 Å². The summed E-state index contributed by atoms with van der Waals surface area (Å²) in [7, 11) is 0. The van der Waals surface area contributed by atoms with Gasteiger partial charge in [-0.2, -0.15) is 0 Å². The molecule has 1 aliphatic rings. The van der Waals surface area contributed by atoms with E-state index >= 15 is 0 Å². The largest absolute Gasteiger partial charge is 0.361 e. The van der Waals surface area contributed by atoms with Crippen LogP contribution >= 0.6 is 0 Å². The molecule has 0 spiro atoms. The molecule has 3 heterocycles. The molecule has 1 aliphatic heterocycles. The molecular formula is C37H47N7O5. The molecule has 4 amide bonds. The number of amides is 4. The van der Waals surface area contributed by atoms with Crippen molar-refractivity contribution in [3.63, 3.8) is 0 Å². The summed E-state index contributed by atoms with van der Waals surface area (Å²) >= 11 is 0. The van der Waals surface area contributed by atoms with Gasteiger partial charge in [-0.15, -0.1) is 0 Å². The average Bonchev–Trinajstić information content (AvgIpc) is 3.70. The summed E-state index contributed by atoms with van der Waals surface area (Å²) in [4.78, 5) is 69.0. The highest BCUT2D eigenvalue weighted by Crippen LogP contribution is 2.27. The van der Waals surface area contributed by atoms with Gasteiger partial charge < -0.3 is 25.1 Å². The van der Waals surface area contributed by atoms with E-state index in [1.807, 2.05) is 65.7 Å². The van der Waals surface area contributed by atoms with Gasteiger partial charge in [-0.3, -0.25) is 24.0 Å². The van der Waals surface area contributed by atoms with Crippen molar-refractivity contribution in [3.05, 3.63) is 84.4 Å². The molecule has 3 N–H and O–H groups in total. The molecule has 1 fully saturated rings. The van der Waals surface area contributed by atoms with Gasteiger partial charge in [0.25, 0.3) is 0 Å². The summed E-state index contributed by atoms with van der Waals surface area (Å²) in [5.74, 6) is -0.321. The van der Waals surface area contributed by atoms with E-state index in [1.54, 1.807) is 51.7 Å². The van der Waals surface area contributed by atoms with E-state index < -0.39 is 35.0 Å². The van der Waals surface area contributed by atoms with Crippen LogP contribution in [0.25, 0.3) is 10.9 Å². The number of aromatic nitrogens is 3. The Balaban J connectivity index is 1.40. The molecule has 0 bridgehead atoms. The van der Waals surface area contributed by atoms with E-state index in [0.717, 1.165) is 39.9 Å². The summed E-state index contributed by atoms with van der Waals surface area (Å²) < 4.78 is 1.72. The fraction of sp³-hybridized carbons (Fsp3) is 0.432. The van der Waals surface area contributed by atoms with Crippen LogP contribution in [0.4, 0.5) is 5.82 Å². The number of carbonyl (C=O) groups is 4. The molecule has 0 aliphatic carbocycles. The van der Waals surface area contributed by atoms with Gasteiger partial charge in [0.1, 0.15) is 17.6 Å². The number of nitrogens with zero attached hydrogens (tertiary/aromatic N) is 4. The lowest BCUT2D eigenvalue weighted by atomic mass is 9.97. The monoisotopic (exact) mass is 669 g/mol. The molecule has 260 valence electrons. The Morgan fingerprint density at radius 2 is 1.71 bits per heavy atom. The number of H-pyrrole nitrogens is 1. The number of carbonyl (C=O) groups excluding carboxylic acids is 4.